The molecular weight excluding hydrogens is 814 g/mol. The predicted molar refractivity (Wildman–Crippen MR) is 260 cm³/mol. The Hall–Kier alpha value is -2.59. The average molecular weight is 906 g/mol. The van der Waals surface area contributed by atoms with Gasteiger partial charge in [0.05, 0.1) is 33.9 Å². The lowest BCUT2D eigenvalue weighted by molar-refractivity contribution is -0.870. The average Bonchev–Trinajstić information content (AvgIpc) is 3.24. The number of allylic oxidation sites excluding steroid dienone is 11. The molecule has 364 valence electrons. The van der Waals surface area contributed by atoms with E-state index in [0.717, 1.165) is 51.4 Å². The van der Waals surface area contributed by atoms with Crippen LogP contribution in [-0.4, -0.2) is 81.2 Å². The molecule has 11 heteroatoms. The number of aliphatic hydroxyl groups excluding tert-OH is 1. The van der Waals surface area contributed by atoms with Crippen molar-refractivity contribution in [2.45, 2.75) is 199 Å². The number of rotatable bonds is 44. The van der Waals surface area contributed by atoms with Gasteiger partial charge in [0.25, 0.3) is 7.82 Å². The molecule has 0 fully saturated rings. The van der Waals surface area contributed by atoms with Crippen LogP contribution in [0.4, 0.5) is 0 Å². The van der Waals surface area contributed by atoms with Gasteiger partial charge >= 0.3 is 11.9 Å². The van der Waals surface area contributed by atoms with Gasteiger partial charge in [0.1, 0.15) is 19.8 Å². The summed E-state index contributed by atoms with van der Waals surface area (Å²) >= 11 is 0. The Kier molecular flexibility index (Phi) is 41.5. The quantitative estimate of drug-likeness (QED) is 0.0158. The largest absolute Gasteiger partial charge is 0.756 e. The number of esters is 2. The van der Waals surface area contributed by atoms with Gasteiger partial charge in [-0.05, 0) is 44.9 Å². The molecule has 0 aromatic rings. The highest BCUT2D eigenvalue weighted by Gasteiger charge is 2.22. The predicted octanol–water partition coefficient (Wildman–Crippen LogP) is 12.9. The number of hydrogen-bond acceptors (Lipinski definition) is 9. The minimum absolute atomic E-state index is 0.0752. The normalized spacial score (nSPS) is 14.6. The fourth-order valence-electron chi connectivity index (χ4n) is 6.47. The van der Waals surface area contributed by atoms with Crippen LogP contribution in [0.25, 0.3) is 0 Å². The van der Waals surface area contributed by atoms with Crippen LogP contribution in [0.15, 0.2) is 72.9 Å². The van der Waals surface area contributed by atoms with Crippen molar-refractivity contribution in [3.05, 3.63) is 72.9 Å². The first kappa shape index (κ1) is 60.4. The van der Waals surface area contributed by atoms with E-state index >= 15 is 0 Å². The number of nitrogens with zero attached hydrogens (tertiary/aromatic N) is 1. The molecule has 0 aliphatic carbocycles. The zero-order valence-electron chi connectivity index (χ0n) is 40.6. The third-order valence-electron chi connectivity index (χ3n) is 10.4. The maximum atomic E-state index is 12.7. The molecule has 0 aliphatic rings. The first-order chi connectivity index (χ1) is 30.4. The Morgan fingerprint density at radius 1 is 0.587 bits per heavy atom. The van der Waals surface area contributed by atoms with E-state index in [1.54, 1.807) is 12.2 Å². The smallest absolute Gasteiger partial charge is 0.306 e. The number of aliphatic hydroxyl groups is 1. The number of ether oxygens (including phenoxy) is 2. The van der Waals surface area contributed by atoms with Gasteiger partial charge in [0, 0.05) is 12.8 Å². The molecular formula is C52H92NO9P. The molecule has 0 heterocycles. The Labute approximate surface area is 385 Å². The Bertz CT molecular complexity index is 1320. The van der Waals surface area contributed by atoms with Crippen LogP contribution in [0.5, 0.6) is 0 Å². The molecule has 0 saturated carbocycles. The van der Waals surface area contributed by atoms with Crippen LogP contribution in [0.1, 0.15) is 187 Å². The highest BCUT2D eigenvalue weighted by Crippen LogP contribution is 2.38. The van der Waals surface area contributed by atoms with E-state index in [9.17, 15) is 24.2 Å². The van der Waals surface area contributed by atoms with Gasteiger partial charge in [0.15, 0.2) is 6.10 Å². The maximum absolute atomic E-state index is 12.7. The van der Waals surface area contributed by atoms with E-state index < -0.39 is 38.6 Å². The van der Waals surface area contributed by atoms with Gasteiger partial charge in [0.2, 0.25) is 0 Å². The van der Waals surface area contributed by atoms with Gasteiger partial charge in [-0.15, -0.1) is 0 Å². The molecule has 0 spiro atoms. The summed E-state index contributed by atoms with van der Waals surface area (Å²) in [6.07, 6.45) is 51.2. The number of hydrogen-bond donors (Lipinski definition) is 1. The second kappa shape index (κ2) is 43.3. The number of phosphoric ester groups is 1. The molecule has 63 heavy (non-hydrogen) atoms. The molecule has 2 unspecified atom stereocenters. The lowest BCUT2D eigenvalue weighted by atomic mass is 10.0. The molecule has 0 aromatic carbocycles. The van der Waals surface area contributed by atoms with Crippen LogP contribution in [0.3, 0.4) is 0 Å². The number of likely N-dealkylation sites (N-methyl/N-ethyl adjacent to an activating group) is 1. The molecule has 1 N–H and O–H groups in total. The summed E-state index contributed by atoms with van der Waals surface area (Å²) in [5.74, 6) is -1.12. The molecule has 0 radical (unpaired) electrons. The first-order valence-electron chi connectivity index (χ1n) is 24.8. The second-order valence-electron chi connectivity index (χ2n) is 17.7. The number of carbonyl (C=O) groups excluding carboxylic acids is 2. The molecule has 10 nitrogen and oxygen atoms in total. The SMILES string of the molecule is CC/C=C\C/C=C\C/C=C\C/C=C\C/C=C\C=C/C(O)CCC(=O)O[C@H](COC(=O)CCCCCCCCCCCCCCCCCCCCC)COP(=O)([O-])OCC[N+](C)(C)C. The van der Waals surface area contributed by atoms with E-state index in [1.165, 1.54) is 96.3 Å². The minimum Gasteiger partial charge on any atom is -0.756 e. The highest BCUT2D eigenvalue weighted by molar-refractivity contribution is 7.45. The zero-order valence-corrected chi connectivity index (χ0v) is 41.5. The monoisotopic (exact) mass is 906 g/mol. The summed E-state index contributed by atoms with van der Waals surface area (Å²) in [6, 6.07) is 0. The maximum Gasteiger partial charge on any atom is 0.306 e. The van der Waals surface area contributed by atoms with Crippen molar-refractivity contribution in [3.63, 3.8) is 0 Å². The van der Waals surface area contributed by atoms with Gasteiger partial charge < -0.3 is 33.0 Å². The van der Waals surface area contributed by atoms with Crippen LogP contribution < -0.4 is 4.89 Å². The van der Waals surface area contributed by atoms with Crippen molar-refractivity contribution in [3.8, 4) is 0 Å². The standard InChI is InChI=1S/C52H92NO9P/c1-6-8-10-12-14-16-18-20-22-24-25-26-28-30-32-34-36-38-40-42-51(55)59-47-50(48-61-63(57,58)60-46-45-53(3,4)5)62-52(56)44-43-49(54)41-39-37-35-33-31-29-27-23-21-19-17-15-13-11-9-7-2/h9,11,15,17,21,23,29,31,35,37,39,41,49-50,54H,6-8,10,12-14,16,18-20,22,24-28,30,32-34,36,38,40,42-48H2,1-5H3/b11-9-,17-15-,23-21-,31-29-,37-35-,41-39-/t49?,50-/m1/s1. The number of phosphoric acid groups is 1. The van der Waals surface area contributed by atoms with E-state index in [4.69, 9.17) is 18.5 Å². The van der Waals surface area contributed by atoms with Crippen molar-refractivity contribution in [1.29, 1.82) is 0 Å². The molecule has 0 aromatic heterocycles. The molecule has 3 atom stereocenters. The van der Waals surface area contributed by atoms with Crippen molar-refractivity contribution in [1.82, 2.24) is 0 Å². The fourth-order valence-corrected chi connectivity index (χ4v) is 7.20. The number of unbranched alkanes of at least 4 members (excludes halogenated alkanes) is 18. The lowest BCUT2D eigenvalue weighted by Crippen LogP contribution is -2.37. The van der Waals surface area contributed by atoms with Gasteiger partial charge in [-0.1, -0.05) is 202 Å². The molecule has 0 rings (SSSR count). The van der Waals surface area contributed by atoms with Gasteiger partial charge in [-0.25, -0.2) is 0 Å². The zero-order chi connectivity index (χ0) is 46.5. The summed E-state index contributed by atoms with van der Waals surface area (Å²) < 4.78 is 33.8. The third-order valence-corrected chi connectivity index (χ3v) is 11.3. The Balaban J connectivity index is 4.49. The third kappa shape index (κ3) is 47.2. The van der Waals surface area contributed by atoms with E-state index in [1.807, 2.05) is 33.3 Å². The molecule has 0 saturated heterocycles. The topological polar surface area (TPSA) is 131 Å². The van der Waals surface area contributed by atoms with Crippen LogP contribution in [0.2, 0.25) is 0 Å². The minimum atomic E-state index is -4.70. The van der Waals surface area contributed by atoms with Gasteiger partial charge in [-0.2, -0.15) is 0 Å². The van der Waals surface area contributed by atoms with Crippen LogP contribution in [0, 0.1) is 0 Å². The van der Waals surface area contributed by atoms with E-state index in [0.29, 0.717) is 17.4 Å². The first-order valence-corrected chi connectivity index (χ1v) is 26.2. The molecule has 0 bridgehead atoms. The van der Waals surface area contributed by atoms with E-state index in [-0.39, 0.29) is 32.5 Å². The molecule has 0 aliphatic heterocycles. The number of quaternary nitrogens is 1. The Morgan fingerprint density at radius 3 is 1.52 bits per heavy atom. The summed E-state index contributed by atoms with van der Waals surface area (Å²) in [5, 5.41) is 10.4. The molecule has 0 amide bonds. The summed E-state index contributed by atoms with van der Waals surface area (Å²) in [5.41, 5.74) is 0. The van der Waals surface area contributed by atoms with Crippen molar-refractivity contribution >= 4 is 19.8 Å². The highest BCUT2D eigenvalue weighted by atomic mass is 31.2. The summed E-state index contributed by atoms with van der Waals surface area (Å²) in [4.78, 5) is 37.7. The van der Waals surface area contributed by atoms with Gasteiger partial charge in [-0.3, -0.25) is 14.2 Å². The van der Waals surface area contributed by atoms with Crippen molar-refractivity contribution < 1.29 is 47.2 Å². The van der Waals surface area contributed by atoms with Crippen molar-refractivity contribution in [2.24, 2.45) is 0 Å². The second-order valence-corrected chi connectivity index (χ2v) is 19.1. The van der Waals surface area contributed by atoms with Crippen LogP contribution in [-0.2, 0) is 32.7 Å². The van der Waals surface area contributed by atoms with Crippen molar-refractivity contribution in [2.75, 3.05) is 47.5 Å². The summed E-state index contributed by atoms with van der Waals surface area (Å²) in [7, 11) is 1.02. The Morgan fingerprint density at radius 2 is 1.05 bits per heavy atom. The van der Waals surface area contributed by atoms with E-state index in [2.05, 4.69) is 62.5 Å². The number of carbonyl (C=O) groups is 2. The lowest BCUT2D eigenvalue weighted by Gasteiger charge is -2.28. The van der Waals surface area contributed by atoms with Crippen LogP contribution >= 0.6 is 7.82 Å². The summed E-state index contributed by atoms with van der Waals surface area (Å²) in [6.45, 7) is 3.85. The fraction of sp³-hybridized carbons (Fsp3) is 0.731.